The van der Waals surface area contributed by atoms with E-state index in [0.29, 0.717) is 16.3 Å². The minimum atomic E-state index is -0.495. The van der Waals surface area contributed by atoms with Gasteiger partial charge < -0.3 is 0 Å². The summed E-state index contributed by atoms with van der Waals surface area (Å²) in [7, 11) is 0. The van der Waals surface area contributed by atoms with Gasteiger partial charge in [-0.05, 0) is 49.2 Å². The summed E-state index contributed by atoms with van der Waals surface area (Å²) in [5.41, 5.74) is 4.72. The van der Waals surface area contributed by atoms with Crippen molar-refractivity contribution in [2.45, 2.75) is 13.8 Å². The van der Waals surface area contributed by atoms with Gasteiger partial charge in [-0.15, -0.1) is 0 Å². The van der Waals surface area contributed by atoms with Crippen LogP contribution in [-0.2, 0) is 0 Å². The van der Waals surface area contributed by atoms with Gasteiger partial charge in [0, 0.05) is 21.5 Å². The Balaban J connectivity index is 2.40. The Bertz CT molecular complexity index is 903. The zero-order valence-corrected chi connectivity index (χ0v) is 13.7. The van der Waals surface area contributed by atoms with Gasteiger partial charge in [0.05, 0.1) is 11.2 Å². The van der Waals surface area contributed by atoms with Crippen LogP contribution in [0.1, 0.15) is 21.5 Å². The molecule has 4 heteroatoms. The van der Waals surface area contributed by atoms with Crippen LogP contribution in [0.2, 0.25) is 5.02 Å². The van der Waals surface area contributed by atoms with Gasteiger partial charge in [-0.2, -0.15) is 0 Å². The molecule has 3 rings (SSSR count). The number of rotatable bonds is 2. The van der Waals surface area contributed by atoms with Crippen LogP contribution in [0, 0.1) is 13.8 Å². The first-order valence-corrected chi connectivity index (χ1v) is 7.59. The zero-order chi connectivity index (χ0) is 15.9. The Labute approximate surface area is 138 Å². The lowest BCUT2D eigenvalue weighted by atomic mass is 10.0. The quantitative estimate of drug-likeness (QED) is 0.577. The number of aryl methyl sites for hydroxylation is 2. The number of hydrogen-bond acceptors (Lipinski definition) is 2. The van der Waals surface area contributed by atoms with Gasteiger partial charge in [0.25, 0.3) is 5.24 Å². The second-order valence-electron chi connectivity index (χ2n) is 5.29. The highest BCUT2D eigenvalue weighted by Crippen LogP contribution is 2.31. The molecule has 0 fully saturated rings. The van der Waals surface area contributed by atoms with Gasteiger partial charge in [0.2, 0.25) is 0 Å². The van der Waals surface area contributed by atoms with E-state index in [2.05, 4.69) is 0 Å². The molecule has 0 N–H and O–H groups in total. The van der Waals surface area contributed by atoms with Crippen molar-refractivity contribution in [1.29, 1.82) is 0 Å². The van der Waals surface area contributed by atoms with Crippen molar-refractivity contribution in [2.24, 2.45) is 0 Å². The van der Waals surface area contributed by atoms with Gasteiger partial charge in [-0.25, -0.2) is 4.98 Å². The molecule has 0 spiro atoms. The molecular formula is C18H13Cl2NO. The Kier molecular flexibility index (Phi) is 3.90. The molecule has 0 bridgehead atoms. The highest BCUT2D eigenvalue weighted by Gasteiger charge is 2.15. The first-order chi connectivity index (χ1) is 10.5. The summed E-state index contributed by atoms with van der Waals surface area (Å²) in [6.45, 7) is 3.96. The van der Waals surface area contributed by atoms with E-state index < -0.39 is 5.24 Å². The van der Waals surface area contributed by atoms with Crippen molar-refractivity contribution in [3.8, 4) is 11.3 Å². The molecule has 3 aromatic rings. The molecule has 2 nitrogen and oxygen atoms in total. The molecule has 0 radical (unpaired) electrons. The van der Waals surface area contributed by atoms with Crippen LogP contribution >= 0.6 is 23.2 Å². The molecule has 2 aromatic carbocycles. The van der Waals surface area contributed by atoms with E-state index in [0.717, 1.165) is 27.6 Å². The predicted molar refractivity (Wildman–Crippen MR) is 91.8 cm³/mol. The van der Waals surface area contributed by atoms with Crippen LogP contribution in [-0.4, -0.2) is 10.2 Å². The van der Waals surface area contributed by atoms with Crippen LogP contribution in [0.3, 0.4) is 0 Å². The summed E-state index contributed by atoms with van der Waals surface area (Å²) < 4.78 is 0. The SMILES string of the molecule is Cc1cc(C)c2nc(-c3ccccc3Cl)cc(C(=O)Cl)c2c1. The van der Waals surface area contributed by atoms with Gasteiger partial charge in [0.1, 0.15) is 0 Å². The maximum atomic E-state index is 11.9. The van der Waals surface area contributed by atoms with Crippen molar-refractivity contribution in [2.75, 3.05) is 0 Å². The summed E-state index contributed by atoms with van der Waals surface area (Å²) in [6.07, 6.45) is 0. The zero-order valence-electron chi connectivity index (χ0n) is 12.2. The minimum absolute atomic E-state index is 0.452. The summed E-state index contributed by atoms with van der Waals surface area (Å²) >= 11 is 12.0. The van der Waals surface area contributed by atoms with Crippen molar-refractivity contribution in [3.05, 3.63) is 64.2 Å². The number of nitrogens with zero attached hydrogens (tertiary/aromatic N) is 1. The molecule has 0 unspecified atom stereocenters. The first-order valence-electron chi connectivity index (χ1n) is 6.84. The predicted octanol–water partition coefficient (Wildman–Crippen LogP) is 5.55. The van der Waals surface area contributed by atoms with Crippen molar-refractivity contribution in [3.63, 3.8) is 0 Å². The second-order valence-corrected chi connectivity index (χ2v) is 6.04. The van der Waals surface area contributed by atoms with Crippen LogP contribution in [0.15, 0.2) is 42.5 Å². The number of carbonyl (C=O) groups is 1. The smallest absolute Gasteiger partial charge is 0.253 e. The van der Waals surface area contributed by atoms with E-state index in [1.165, 1.54) is 0 Å². The highest BCUT2D eigenvalue weighted by molar-refractivity contribution is 6.68. The summed E-state index contributed by atoms with van der Waals surface area (Å²) in [6, 6.07) is 13.1. The monoisotopic (exact) mass is 329 g/mol. The van der Waals surface area contributed by atoms with Crippen molar-refractivity contribution < 1.29 is 4.79 Å². The maximum Gasteiger partial charge on any atom is 0.253 e. The van der Waals surface area contributed by atoms with Crippen LogP contribution < -0.4 is 0 Å². The molecule has 0 aliphatic carbocycles. The Morgan fingerprint density at radius 2 is 1.82 bits per heavy atom. The van der Waals surface area contributed by atoms with Gasteiger partial charge >= 0.3 is 0 Å². The van der Waals surface area contributed by atoms with E-state index in [4.69, 9.17) is 28.2 Å². The average molecular weight is 330 g/mol. The number of halogens is 2. The molecule has 0 atom stereocenters. The number of benzene rings is 2. The van der Waals surface area contributed by atoms with Crippen LogP contribution in [0.4, 0.5) is 0 Å². The van der Waals surface area contributed by atoms with Gasteiger partial charge in [-0.3, -0.25) is 4.79 Å². The molecule has 110 valence electrons. The molecule has 1 aromatic heterocycles. The second kappa shape index (κ2) is 5.71. The molecule has 0 saturated heterocycles. The van der Waals surface area contributed by atoms with Crippen molar-refractivity contribution >= 4 is 39.3 Å². The normalized spacial score (nSPS) is 10.9. The highest BCUT2D eigenvalue weighted by atomic mass is 35.5. The third kappa shape index (κ3) is 2.60. The largest absolute Gasteiger partial charge is 0.276 e. The average Bonchev–Trinajstić information content (AvgIpc) is 2.46. The Morgan fingerprint density at radius 1 is 1.09 bits per heavy atom. The Hall–Kier alpha value is -1.90. The fourth-order valence-corrected chi connectivity index (χ4v) is 3.04. The fraction of sp³-hybridized carbons (Fsp3) is 0.111. The lowest BCUT2D eigenvalue weighted by Gasteiger charge is -2.11. The van der Waals surface area contributed by atoms with E-state index in [1.54, 1.807) is 12.1 Å². The summed E-state index contributed by atoms with van der Waals surface area (Å²) in [5.74, 6) is 0. The Morgan fingerprint density at radius 3 is 2.50 bits per heavy atom. The van der Waals surface area contributed by atoms with E-state index in [1.807, 2.05) is 44.2 Å². The summed E-state index contributed by atoms with van der Waals surface area (Å²) in [4.78, 5) is 16.5. The maximum absolute atomic E-state index is 11.9. The third-order valence-electron chi connectivity index (χ3n) is 3.61. The minimum Gasteiger partial charge on any atom is -0.276 e. The first kappa shape index (κ1) is 15.0. The molecular weight excluding hydrogens is 317 g/mol. The van der Waals surface area contributed by atoms with Crippen LogP contribution in [0.25, 0.3) is 22.2 Å². The van der Waals surface area contributed by atoms with E-state index in [9.17, 15) is 4.79 Å². The van der Waals surface area contributed by atoms with E-state index in [-0.39, 0.29) is 0 Å². The molecule has 0 aliphatic heterocycles. The standard InChI is InChI=1S/C18H13Cl2NO/c1-10-7-11(2)17-13(8-10)14(18(20)22)9-16(21-17)12-5-3-4-6-15(12)19/h3-9H,1-2H3. The number of hydrogen-bond donors (Lipinski definition) is 0. The topological polar surface area (TPSA) is 30.0 Å². The van der Waals surface area contributed by atoms with Crippen LogP contribution in [0.5, 0.6) is 0 Å². The van der Waals surface area contributed by atoms with E-state index >= 15 is 0 Å². The van der Waals surface area contributed by atoms with Gasteiger partial charge in [0.15, 0.2) is 0 Å². The molecule has 22 heavy (non-hydrogen) atoms. The number of carbonyl (C=O) groups excluding carboxylic acids is 1. The number of pyridine rings is 1. The number of aromatic nitrogens is 1. The molecule has 0 amide bonds. The summed E-state index contributed by atoms with van der Waals surface area (Å²) in [5, 5.41) is 0.867. The number of fused-ring (bicyclic) bond motifs is 1. The third-order valence-corrected chi connectivity index (χ3v) is 4.14. The molecule has 1 heterocycles. The molecule has 0 aliphatic rings. The fourth-order valence-electron chi connectivity index (χ4n) is 2.65. The lowest BCUT2D eigenvalue weighted by molar-refractivity contribution is 0.108. The van der Waals surface area contributed by atoms with Crippen molar-refractivity contribution in [1.82, 2.24) is 4.98 Å². The van der Waals surface area contributed by atoms with Gasteiger partial charge in [-0.1, -0.05) is 41.4 Å². The molecule has 0 saturated carbocycles. The lowest BCUT2D eigenvalue weighted by Crippen LogP contribution is -1.98.